The van der Waals surface area contributed by atoms with Gasteiger partial charge < -0.3 is 5.11 Å². The summed E-state index contributed by atoms with van der Waals surface area (Å²) in [5.74, 6) is 1.52. The van der Waals surface area contributed by atoms with E-state index < -0.39 is 0 Å². The predicted octanol–water partition coefficient (Wildman–Crippen LogP) is 3.66. The average molecular weight is 361 g/mol. The Hall–Kier alpha value is -2.99. The molecular weight excluding hydrogens is 338 g/mol. The maximum Gasteiger partial charge on any atom is 0.174 e. The summed E-state index contributed by atoms with van der Waals surface area (Å²) in [5.41, 5.74) is 1.69. The van der Waals surface area contributed by atoms with E-state index >= 15 is 0 Å². The first-order chi connectivity index (χ1) is 13.3. The number of aromatic nitrogens is 4. The fourth-order valence-corrected chi connectivity index (χ4v) is 3.33. The number of phenolic OH excluding ortho intramolecular Hbond substituents is 1. The molecule has 1 aliphatic rings. The van der Waals surface area contributed by atoms with Gasteiger partial charge in [-0.3, -0.25) is 9.88 Å². The van der Waals surface area contributed by atoms with E-state index in [-0.39, 0.29) is 5.75 Å². The number of nitrogens with zero attached hydrogens (tertiary/aromatic N) is 5. The van der Waals surface area contributed by atoms with Crippen molar-refractivity contribution in [2.45, 2.75) is 25.9 Å². The third-order valence-electron chi connectivity index (χ3n) is 4.72. The molecule has 0 spiro atoms. The molecule has 2 aromatic heterocycles. The SMILES string of the molecule is Oc1ccccc1-c1nc(/C=C/c2cccnc2)nn1CN1CCCCC1. The fourth-order valence-electron chi connectivity index (χ4n) is 3.33. The molecule has 0 amide bonds. The zero-order valence-corrected chi connectivity index (χ0v) is 15.2. The van der Waals surface area contributed by atoms with E-state index in [0.29, 0.717) is 23.9 Å². The van der Waals surface area contributed by atoms with Gasteiger partial charge in [-0.1, -0.05) is 24.6 Å². The smallest absolute Gasteiger partial charge is 0.174 e. The van der Waals surface area contributed by atoms with E-state index in [1.165, 1.54) is 19.3 Å². The summed E-state index contributed by atoms with van der Waals surface area (Å²) in [7, 11) is 0. The maximum atomic E-state index is 10.3. The molecule has 3 aromatic rings. The summed E-state index contributed by atoms with van der Waals surface area (Å²) in [6.45, 7) is 2.82. The summed E-state index contributed by atoms with van der Waals surface area (Å²) < 4.78 is 1.89. The second-order valence-electron chi connectivity index (χ2n) is 6.75. The Morgan fingerprint density at radius 3 is 2.63 bits per heavy atom. The highest BCUT2D eigenvalue weighted by molar-refractivity contribution is 5.69. The first-order valence-electron chi connectivity index (χ1n) is 9.33. The van der Waals surface area contributed by atoms with E-state index in [9.17, 15) is 5.11 Å². The molecule has 1 fully saturated rings. The predicted molar refractivity (Wildman–Crippen MR) is 106 cm³/mol. The van der Waals surface area contributed by atoms with Gasteiger partial charge in [0.05, 0.1) is 12.2 Å². The number of hydrogen-bond donors (Lipinski definition) is 1. The van der Waals surface area contributed by atoms with Crippen molar-refractivity contribution in [1.82, 2.24) is 24.6 Å². The van der Waals surface area contributed by atoms with Gasteiger partial charge in [-0.15, -0.1) is 5.10 Å². The van der Waals surface area contributed by atoms with Gasteiger partial charge in [-0.05, 0) is 61.8 Å². The van der Waals surface area contributed by atoms with Crippen molar-refractivity contribution >= 4 is 12.2 Å². The Labute approximate surface area is 158 Å². The summed E-state index contributed by atoms with van der Waals surface area (Å²) in [5, 5.41) is 15.0. The van der Waals surface area contributed by atoms with Crippen LogP contribution in [0.5, 0.6) is 5.75 Å². The number of hydrogen-bond acceptors (Lipinski definition) is 5. The van der Waals surface area contributed by atoms with Crippen LogP contribution in [0.2, 0.25) is 0 Å². The molecule has 0 saturated carbocycles. The highest BCUT2D eigenvalue weighted by Gasteiger charge is 2.17. The maximum absolute atomic E-state index is 10.3. The van der Waals surface area contributed by atoms with Crippen molar-refractivity contribution < 1.29 is 5.11 Å². The monoisotopic (exact) mass is 361 g/mol. The molecular formula is C21H23N5O. The molecule has 6 nitrogen and oxygen atoms in total. The van der Waals surface area contributed by atoms with E-state index in [1.807, 2.05) is 47.2 Å². The van der Waals surface area contributed by atoms with Crippen molar-refractivity contribution in [2.24, 2.45) is 0 Å². The van der Waals surface area contributed by atoms with Crippen molar-refractivity contribution in [3.63, 3.8) is 0 Å². The standard InChI is InChI=1S/C21H23N5O/c27-19-9-3-2-8-18(19)21-23-20(11-10-17-7-6-12-22-15-17)24-26(21)16-25-13-4-1-5-14-25/h2-3,6-12,15,27H,1,4-5,13-14,16H2/b11-10+. The Kier molecular flexibility index (Phi) is 5.25. The highest BCUT2D eigenvalue weighted by Crippen LogP contribution is 2.28. The van der Waals surface area contributed by atoms with Crippen LogP contribution in [0.3, 0.4) is 0 Å². The zero-order chi connectivity index (χ0) is 18.5. The Balaban J connectivity index is 1.66. The molecule has 1 N–H and O–H groups in total. The molecule has 0 unspecified atom stereocenters. The summed E-state index contributed by atoms with van der Waals surface area (Å²) in [6.07, 6.45) is 11.1. The molecule has 1 aliphatic heterocycles. The molecule has 1 aromatic carbocycles. The van der Waals surface area contributed by atoms with Gasteiger partial charge in [-0.25, -0.2) is 9.67 Å². The van der Waals surface area contributed by atoms with Crippen LogP contribution in [0.25, 0.3) is 23.5 Å². The summed E-state index contributed by atoms with van der Waals surface area (Å²) >= 11 is 0. The van der Waals surface area contributed by atoms with Gasteiger partial charge in [-0.2, -0.15) is 0 Å². The molecule has 138 valence electrons. The van der Waals surface area contributed by atoms with Crippen LogP contribution in [0.15, 0.2) is 48.8 Å². The number of aromatic hydroxyl groups is 1. The van der Waals surface area contributed by atoms with Crippen molar-refractivity contribution in [1.29, 1.82) is 0 Å². The van der Waals surface area contributed by atoms with Crippen molar-refractivity contribution in [3.8, 4) is 17.1 Å². The van der Waals surface area contributed by atoms with Gasteiger partial charge >= 0.3 is 0 Å². The van der Waals surface area contributed by atoms with E-state index in [1.54, 1.807) is 18.5 Å². The van der Waals surface area contributed by atoms with Gasteiger partial charge in [0.25, 0.3) is 0 Å². The van der Waals surface area contributed by atoms with Gasteiger partial charge in [0.15, 0.2) is 11.6 Å². The number of pyridine rings is 1. The molecule has 0 bridgehead atoms. The lowest BCUT2D eigenvalue weighted by molar-refractivity contribution is 0.174. The van der Waals surface area contributed by atoms with Crippen molar-refractivity contribution in [2.75, 3.05) is 13.1 Å². The lowest BCUT2D eigenvalue weighted by atomic mass is 10.1. The van der Waals surface area contributed by atoms with Crippen LogP contribution in [0, 0.1) is 0 Å². The van der Waals surface area contributed by atoms with Gasteiger partial charge in [0.2, 0.25) is 0 Å². The number of para-hydroxylation sites is 1. The number of benzene rings is 1. The largest absolute Gasteiger partial charge is 0.507 e. The molecule has 4 rings (SSSR count). The third-order valence-corrected chi connectivity index (χ3v) is 4.72. The second kappa shape index (κ2) is 8.14. The van der Waals surface area contributed by atoms with Crippen LogP contribution < -0.4 is 0 Å². The third kappa shape index (κ3) is 4.23. The Bertz CT molecular complexity index is 913. The van der Waals surface area contributed by atoms with Gasteiger partial charge in [0.1, 0.15) is 5.75 Å². The Morgan fingerprint density at radius 1 is 1.00 bits per heavy atom. The lowest BCUT2D eigenvalue weighted by Gasteiger charge is -2.26. The number of rotatable bonds is 5. The first kappa shape index (κ1) is 17.4. The van der Waals surface area contributed by atoms with E-state index in [0.717, 1.165) is 18.7 Å². The Morgan fingerprint density at radius 2 is 1.85 bits per heavy atom. The molecule has 0 radical (unpaired) electrons. The molecule has 6 heteroatoms. The van der Waals surface area contributed by atoms with Crippen LogP contribution in [-0.4, -0.2) is 42.8 Å². The quantitative estimate of drug-likeness (QED) is 0.751. The van der Waals surface area contributed by atoms with Crippen LogP contribution >= 0.6 is 0 Å². The number of likely N-dealkylation sites (tertiary alicyclic amines) is 1. The van der Waals surface area contributed by atoms with E-state index in [4.69, 9.17) is 0 Å². The topological polar surface area (TPSA) is 67.1 Å². The first-order valence-corrected chi connectivity index (χ1v) is 9.33. The number of phenols is 1. The average Bonchev–Trinajstić information content (AvgIpc) is 3.11. The molecule has 3 heterocycles. The minimum Gasteiger partial charge on any atom is -0.507 e. The van der Waals surface area contributed by atoms with E-state index in [2.05, 4.69) is 20.0 Å². The minimum atomic E-state index is 0.215. The second-order valence-corrected chi connectivity index (χ2v) is 6.75. The normalized spacial score (nSPS) is 15.4. The molecule has 0 aliphatic carbocycles. The van der Waals surface area contributed by atoms with Crippen LogP contribution in [0.4, 0.5) is 0 Å². The molecule has 0 atom stereocenters. The zero-order valence-electron chi connectivity index (χ0n) is 15.2. The minimum absolute atomic E-state index is 0.215. The lowest BCUT2D eigenvalue weighted by Crippen LogP contribution is -2.32. The van der Waals surface area contributed by atoms with Gasteiger partial charge in [0, 0.05) is 12.4 Å². The molecule has 27 heavy (non-hydrogen) atoms. The highest BCUT2D eigenvalue weighted by atomic mass is 16.3. The van der Waals surface area contributed by atoms with Crippen LogP contribution in [-0.2, 0) is 6.67 Å². The summed E-state index contributed by atoms with van der Waals surface area (Å²) in [4.78, 5) is 11.2. The summed E-state index contributed by atoms with van der Waals surface area (Å²) in [6, 6.07) is 11.2. The molecule has 1 saturated heterocycles. The number of piperidine rings is 1. The fraction of sp³-hybridized carbons (Fsp3) is 0.286. The van der Waals surface area contributed by atoms with Crippen LogP contribution in [0.1, 0.15) is 30.7 Å². The van der Waals surface area contributed by atoms with Crippen molar-refractivity contribution in [3.05, 3.63) is 60.2 Å².